The minimum absolute atomic E-state index is 0.115. The highest BCUT2D eigenvalue weighted by Gasteiger charge is 2.23. The highest BCUT2D eigenvalue weighted by Crippen LogP contribution is 2.24. The molecule has 0 atom stereocenters. The van der Waals surface area contributed by atoms with E-state index in [2.05, 4.69) is 0 Å². The standard InChI is InChI=1S/C24H22N2O3/c27-23(18-10-4-1-5-11-18)26-21-15-9-3-8-14-20(21)25-22(26)16-17-29-24(28)19-12-6-2-7-13-19/h1-2,4-7,10-13,16-17H,3,8-9,14-15H2/b17-16-. The number of carbonyl (C=O) groups is 2. The summed E-state index contributed by atoms with van der Waals surface area (Å²) in [6.45, 7) is 0. The molecule has 146 valence electrons. The molecular weight excluding hydrogens is 364 g/mol. The van der Waals surface area contributed by atoms with Gasteiger partial charge in [-0.05, 0) is 49.9 Å². The van der Waals surface area contributed by atoms with Crippen LogP contribution >= 0.6 is 0 Å². The Kier molecular flexibility index (Phi) is 5.66. The molecule has 0 N–H and O–H groups in total. The zero-order valence-corrected chi connectivity index (χ0v) is 16.1. The third-order valence-electron chi connectivity index (χ3n) is 5.03. The van der Waals surface area contributed by atoms with Gasteiger partial charge in [0.15, 0.2) is 0 Å². The molecule has 0 amide bonds. The van der Waals surface area contributed by atoms with E-state index in [4.69, 9.17) is 9.72 Å². The van der Waals surface area contributed by atoms with Gasteiger partial charge in [-0.25, -0.2) is 9.78 Å². The van der Waals surface area contributed by atoms with Crippen molar-refractivity contribution in [3.8, 4) is 0 Å². The van der Waals surface area contributed by atoms with E-state index in [1.807, 2.05) is 24.3 Å². The van der Waals surface area contributed by atoms with Gasteiger partial charge in [-0.2, -0.15) is 0 Å². The first-order chi connectivity index (χ1) is 14.2. The molecule has 3 aromatic rings. The fraction of sp³-hybridized carbons (Fsp3) is 0.208. The monoisotopic (exact) mass is 386 g/mol. The lowest BCUT2D eigenvalue weighted by Crippen LogP contribution is -2.17. The van der Waals surface area contributed by atoms with Crippen molar-refractivity contribution in [1.29, 1.82) is 0 Å². The molecule has 29 heavy (non-hydrogen) atoms. The van der Waals surface area contributed by atoms with Crippen molar-refractivity contribution < 1.29 is 14.3 Å². The minimum atomic E-state index is -0.448. The summed E-state index contributed by atoms with van der Waals surface area (Å²) in [6.07, 6.45) is 7.81. The van der Waals surface area contributed by atoms with E-state index in [1.54, 1.807) is 47.0 Å². The SMILES string of the molecule is O=C(O/C=C\c1nc2c(n1C(=O)c1ccccc1)CCCCC2)c1ccccc1. The Morgan fingerprint density at radius 3 is 2.24 bits per heavy atom. The number of esters is 1. The van der Waals surface area contributed by atoms with Crippen LogP contribution in [0.25, 0.3) is 6.08 Å². The van der Waals surface area contributed by atoms with E-state index in [0.29, 0.717) is 17.0 Å². The second kappa shape index (κ2) is 8.69. The minimum Gasteiger partial charge on any atom is -0.431 e. The van der Waals surface area contributed by atoms with Gasteiger partial charge in [0.2, 0.25) is 0 Å². The number of ether oxygens (including phenoxy) is 1. The maximum Gasteiger partial charge on any atom is 0.342 e. The first kappa shape index (κ1) is 18.9. The number of imidazole rings is 1. The van der Waals surface area contributed by atoms with Crippen molar-refractivity contribution in [1.82, 2.24) is 9.55 Å². The van der Waals surface area contributed by atoms with Crippen LogP contribution in [0.3, 0.4) is 0 Å². The summed E-state index contributed by atoms with van der Waals surface area (Å²) in [5.41, 5.74) is 3.00. The summed E-state index contributed by atoms with van der Waals surface area (Å²) in [5, 5.41) is 0. The van der Waals surface area contributed by atoms with Gasteiger partial charge in [-0.1, -0.05) is 42.8 Å². The quantitative estimate of drug-likeness (QED) is 0.371. The number of benzene rings is 2. The molecule has 1 aromatic heterocycles. The molecular formula is C24H22N2O3. The average molecular weight is 386 g/mol. The van der Waals surface area contributed by atoms with E-state index < -0.39 is 5.97 Å². The number of hydrogen-bond donors (Lipinski definition) is 0. The third kappa shape index (κ3) is 4.19. The lowest BCUT2D eigenvalue weighted by atomic mass is 10.2. The fourth-order valence-electron chi connectivity index (χ4n) is 3.59. The van der Waals surface area contributed by atoms with Crippen molar-refractivity contribution in [2.45, 2.75) is 32.1 Å². The van der Waals surface area contributed by atoms with E-state index in [1.165, 1.54) is 6.26 Å². The first-order valence-corrected chi connectivity index (χ1v) is 9.87. The molecule has 0 radical (unpaired) electrons. The van der Waals surface area contributed by atoms with Crippen LogP contribution in [0.4, 0.5) is 0 Å². The second-order valence-corrected chi connectivity index (χ2v) is 7.00. The van der Waals surface area contributed by atoms with Crippen LogP contribution in [0.5, 0.6) is 0 Å². The van der Waals surface area contributed by atoms with Crippen LogP contribution < -0.4 is 0 Å². The first-order valence-electron chi connectivity index (χ1n) is 9.87. The van der Waals surface area contributed by atoms with Crippen molar-refractivity contribution in [2.75, 3.05) is 0 Å². The van der Waals surface area contributed by atoms with Crippen LogP contribution in [0, 0.1) is 0 Å². The largest absolute Gasteiger partial charge is 0.431 e. The van der Waals surface area contributed by atoms with Gasteiger partial charge >= 0.3 is 5.97 Å². The van der Waals surface area contributed by atoms with E-state index in [9.17, 15) is 9.59 Å². The van der Waals surface area contributed by atoms with Gasteiger partial charge in [0.05, 0.1) is 17.5 Å². The topological polar surface area (TPSA) is 61.2 Å². The normalized spacial score (nSPS) is 13.7. The number of rotatable bonds is 4. The molecule has 0 saturated heterocycles. The molecule has 0 bridgehead atoms. The van der Waals surface area contributed by atoms with Crippen molar-refractivity contribution in [2.24, 2.45) is 0 Å². The maximum atomic E-state index is 13.2. The molecule has 2 aromatic carbocycles. The maximum absolute atomic E-state index is 13.2. The summed E-state index contributed by atoms with van der Waals surface area (Å²) in [6, 6.07) is 18.0. The lowest BCUT2D eigenvalue weighted by molar-refractivity contribution is 0.0665. The van der Waals surface area contributed by atoms with Crippen LogP contribution in [-0.4, -0.2) is 21.4 Å². The summed E-state index contributed by atoms with van der Waals surface area (Å²) >= 11 is 0. The van der Waals surface area contributed by atoms with Gasteiger partial charge in [0, 0.05) is 17.3 Å². The zero-order chi connectivity index (χ0) is 20.1. The summed E-state index contributed by atoms with van der Waals surface area (Å²) in [4.78, 5) is 30.1. The molecule has 0 unspecified atom stereocenters. The number of nitrogens with zero attached hydrogens (tertiary/aromatic N) is 2. The van der Waals surface area contributed by atoms with Crippen LogP contribution in [-0.2, 0) is 17.6 Å². The number of hydrogen-bond acceptors (Lipinski definition) is 4. The number of aromatic nitrogens is 2. The highest BCUT2D eigenvalue weighted by atomic mass is 16.5. The number of carbonyl (C=O) groups excluding carboxylic acids is 2. The summed E-state index contributed by atoms with van der Waals surface area (Å²) in [7, 11) is 0. The molecule has 0 fully saturated rings. The molecule has 4 rings (SSSR count). The number of fused-ring (bicyclic) bond motifs is 1. The fourth-order valence-corrected chi connectivity index (χ4v) is 3.59. The summed E-state index contributed by atoms with van der Waals surface area (Å²) in [5.74, 6) is -0.0715. The molecule has 5 nitrogen and oxygen atoms in total. The zero-order valence-electron chi connectivity index (χ0n) is 16.1. The Bertz CT molecular complexity index is 1040. The van der Waals surface area contributed by atoms with Gasteiger partial charge in [0.1, 0.15) is 5.82 Å². The van der Waals surface area contributed by atoms with Crippen molar-refractivity contribution >= 4 is 18.0 Å². The van der Waals surface area contributed by atoms with Crippen LogP contribution in [0.15, 0.2) is 66.9 Å². The average Bonchev–Trinajstić information content (AvgIpc) is 2.95. The van der Waals surface area contributed by atoms with Gasteiger partial charge in [-0.3, -0.25) is 9.36 Å². The van der Waals surface area contributed by atoms with Crippen LogP contribution in [0.1, 0.15) is 57.2 Å². The van der Waals surface area contributed by atoms with Gasteiger partial charge in [-0.15, -0.1) is 0 Å². The molecule has 1 aliphatic rings. The predicted octanol–water partition coefficient (Wildman–Crippen LogP) is 4.67. The smallest absolute Gasteiger partial charge is 0.342 e. The molecule has 0 aliphatic heterocycles. The Hall–Kier alpha value is -3.47. The van der Waals surface area contributed by atoms with Crippen molar-refractivity contribution in [3.05, 3.63) is 95.3 Å². The lowest BCUT2D eigenvalue weighted by Gasteiger charge is -2.09. The molecule has 0 saturated carbocycles. The highest BCUT2D eigenvalue weighted by molar-refractivity contribution is 5.97. The Morgan fingerprint density at radius 1 is 0.862 bits per heavy atom. The Labute approximate surface area is 169 Å². The molecule has 1 aliphatic carbocycles. The second-order valence-electron chi connectivity index (χ2n) is 7.00. The predicted molar refractivity (Wildman–Crippen MR) is 111 cm³/mol. The van der Waals surface area contributed by atoms with Crippen LogP contribution in [0.2, 0.25) is 0 Å². The Balaban J connectivity index is 1.64. The van der Waals surface area contributed by atoms with E-state index in [-0.39, 0.29) is 5.91 Å². The van der Waals surface area contributed by atoms with E-state index >= 15 is 0 Å². The van der Waals surface area contributed by atoms with E-state index in [0.717, 1.165) is 43.5 Å². The molecule has 5 heteroatoms. The molecule has 0 spiro atoms. The van der Waals surface area contributed by atoms with Crippen molar-refractivity contribution in [3.63, 3.8) is 0 Å². The number of aryl methyl sites for hydroxylation is 1. The third-order valence-corrected chi connectivity index (χ3v) is 5.03. The van der Waals surface area contributed by atoms with Gasteiger partial charge in [0.25, 0.3) is 5.91 Å². The summed E-state index contributed by atoms with van der Waals surface area (Å²) < 4.78 is 6.91. The van der Waals surface area contributed by atoms with Gasteiger partial charge < -0.3 is 4.74 Å². The Morgan fingerprint density at radius 2 is 1.52 bits per heavy atom. The molecule has 1 heterocycles.